The third-order valence-electron chi connectivity index (χ3n) is 6.37. The Balaban J connectivity index is 1.62. The lowest BCUT2D eigenvalue weighted by Gasteiger charge is -2.45. The summed E-state index contributed by atoms with van der Waals surface area (Å²) in [6.45, 7) is 1.79. The molecule has 2 heterocycles. The Labute approximate surface area is 197 Å². The molecule has 0 spiro atoms. The van der Waals surface area contributed by atoms with Crippen LogP contribution >= 0.6 is 0 Å². The minimum absolute atomic E-state index is 0.00435. The van der Waals surface area contributed by atoms with Gasteiger partial charge in [-0.2, -0.15) is 0 Å². The largest absolute Gasteiger partial charge is 0.357 e. The van der Waals surface area contributed by atoms with Crippen LogP contribution in [0.3, 0.4) is 0 Å². The van der Waals surface area contributed by atoms with Gasteiger partial charge in [0.15, 0.2) is 11.6 Å². The summed E-state index contributed by atoms with van der Waals surface area (Å²) in [5.41, 5.74) is -1.24. The predicted octanol–water partition coefficient (Wildman–Crippen LogP) is 2.49. The molecular weight excluding hydrogens is 472 g/mol. The molecule has 4 rings (SSSR count). The number of carbonyl (C=O) groups excluding carboxylic acids is 4. The summed E-state index contributed by atoms with van der Waals surface area (Å²) in [5.74, 6) is -9.22. The first kappa shape index (κ1) is 24.4. The summed E-state index contributed by atoms with van der Waals surface area (Å²) >= 11 is 0. The summed E-state index contributed by atoms with van der Waals surface area (Å²) in [4.78, 5) is 51.1. The van der Waals surface area contributed by atoms with Crippen molar-refractivity contribution < 1.29 is 36.7 Å². The van der Waals surface area contributed by atoms with Crippen molar-refractivity contribution in [2.75, 3.05) is 12.4 Å². The van der Waals surface area contributed by atoms with Crippen molar-refractivity contribution in [3.05, 3.63) is 52.3 Å². The van der Waals surface area contributed by atoms with E-state index in [1.54, 1.807) is 0 Å². The minimum atomic E-state index is -3.15. The van der Waals surface area contributed by atoms with E-state index < -0.39 is 59.4 Å². The van der Waals surface area contributed by atoms with Gasteiger partial charge in [0.2, 0.25) is 5.91 Å². The van der Waals surface area contributed by atoms with E-state index >= 15 is 0 Å². The number of nitrogens with one attached hydrogen (secondary N) is 3. The number of aromatic nitrogens is 1. The number of carbonyl (C=O) groups is 4. The van der Waals surface area contributed by atoms with Crippen molar-refractivity contribution in [1.82, 2.24) is 15.2 Å². The van der Waals surface area contributed by atoms with Gasteiger partial charge in [0, 0.05) is 43.9 Å². The molecule has 3 amide bonds. The van der Waals surface area contributed by atoms with Crippen molar-refractivity contribution in [2.45, 2.75) is 50.6 Å². The average molecular weight is 494 g/mol. The molecule has 8 nitrogen and oxygen atoms in total. The van der Waals surface area contributed by atoms with Gasteiger partial charge in [-0.05, 0) is 37.5 Å². The molecule has 0 atom stereocenters. The Morgan fingerprint density at radius 1 is 1.06 bits per heavy atom. The topological polar surface area (TPSA) is 109 Å². The van der Waals surface area contributed by atoms with E-state index in [1.807, 2.05) is 0 Å². The monoisotopic (exact) mass is 494 g/mol. The molecule has 0 saturated heterocycles. The van der Waals surface area contributed by atoms with Crippen molar-refractivity contribution in [2.24, 2.45) is 0 Å². The normalized spacial score (nSPS) is 17.2. The van der Waals surface area contributed by atoms with Gasteiger partial charge in [0.05, 0.1) is 11.3 Å². The van der Waals surface area contributed by atoms with Gasteiger partial charge in [-0.1, -0.05) is 0 Å². The molecule has 1 saturated carbocycles. The molecule has 186 valence electrons. The second-order valence-electron chi connectivity index (χ2n) is 8.79. The summed E-state index contributed by atoms with van der Waals surface area (Å²) in [5, 5.41) is 6.86. The summed E-state index contributed by atoms with van der Waals surface area (Å²) in [6, 6.07) is 2.84. The molecule has 3 N–H and O–H groups in total. The molecule has 2 aliphatic rings. The van der Waals surface area contributed by atoms with E-state index in [2.05, 4.69) is 16.0 Å². The van der Waals surface area contributed by atoms with Gasteiger partial charge >= 0.3 is 0 Å². The van der Waals surface area contributed by atoms with Gasteiger partial charge in [-0.3, -0.25) is 19.2 Å². The van der Waals surface area contributed by atoms with Crippen molar-refractivity contribution in [3.63, 3.8) is 0 Å². The van der Waals surface area contributed by atoms with Gasteiger partial charge in [0.1, 0.15) is 5.54 Å². The van der Waals surface area contributed by atoms with E-state index in [0.717, 1.165) is 12.1 Å². The molecular formula is C23H22F4N4O4. The Bertz CT molecular complexity index is 1260. The first-order chi connectivity index (χ1) is 16.4. The highest BCUT2D eigenvalue weighted by Crippen LogP contribution is 2.45. The Morgan fingerprint density at radius 3 is 2.34 bits per heavy atom. The van der Waals surface area contributed by atoms with Crippen LogP contribution in [0.5, 0.6) is 0 Å². The van der Waals surface area contributed by atoms with Crippen LogP contribution in [0.1, 0.15) is 51.4 Å². The number of amides is 3. The number of nitrogens with zero attached hydrogens (tertiary/aromatic N) is 1. The van der Waals surface area contributed by atoms with E-state index in [-0.39, 0.29) is 22.5 Å². The number of rotatable bonds is 6. The molecule has 0 unspecified atom stereocenters. The highest BCUT2D eigenvalue weighted by molar-refractivity contribution is 6.43. The van der Waals surface area contributed by atoms with Crippen LogP contribution in [0.2, 0.25) is 0 Å². The quantitative estimate of drug-likeness (QED) is 0.326. The van der Waals surface area contributed by atoms with Crippen LogP contribution in [0.25, 0.3) is 0 Å². The maximum Gasteiger partial charge on any atom is 0.294 e. The zero-order chi connectivity index (χ0) is 25.7. The molecule has 1 aliphatic heterocycles. The molecule has 0 radical (unpaired) electrons. The second kappa shape index (κ2) is 8.51. The number of benzene rings is 1. The second-order valence-corrected chi connectivity index (χ2v) is 8.79. The number of anilines is 1. The number of hydrogen-bond acceptors (Lipinski definition) is 4. The first-order valence-electron chi connectivity index (χ1n) is 10.8. The van der Waals surface area contributed by atoms with Crippen LogP contribution in [-0.2, 0) is 22.6 Å². The molecule has 1 aliphatic carbocycles. The summed E-state index contributed by atoms with van der Waals surface area (Å²) < 4.78 is 55.4. The van der Waals surface area contributed by atoms with Crippen LogP contribution in [-0.4, -0.2) is 46.6 Å². The average Bonchev–Trinajstić information content (AvgIpc) is 3.33. The number of fused-ring (bicyclic) bond motifs is 1. The van der Waals surface area contributed by atoms with Gasteiger partial charge in [-0.15, -0.1) is 0 Å². The van der Waals surface area contributed by atoms with Crippen molar-refractivity contribution >= 4 is 29.2 Å². The first-order valence-corrected chi connectivity index (χ1v) is 10.8. The number of likely N-dealkylation sites (N-methyl/N-ethyl adjacent to an activating group) is 1. The lowest BCUT2D eigenvalue weighted by molar-refractivity contribution is -0.164. The van der Waals surface area contributed by atoms with Crippen LogP contribution in [0.15, 0.2) is 18.2 Å². The third kappa shape index (κ3) is 4.17. The lowest BCUT2D eigenvalue weighted by atomic mass is 9.72. The van der Waals surface area contributed by atoms with Gasteiger partial charge < -0.3 is 20.5 Å². The maximum atomic E-state index is 13.6. The highest BCUT2D eigenvalue weighted by atomic mass is 19.3. The van der Waals surface area contributed by atoms with Crippen molar-refractivity contribution in [3.8, 4) is 0 Å². The molecule has 0 bridgehead atoms. The van der Waals surface area contributed by atoms with Crippen LogP contribution < -0.4 is 16.0 Å². The number of alkyl halides is 2. The Hall–Kier alpha value is -3.70. The molecule has 1 aromatic carbocycles. The van der Waals surface area contributed by atoms with Gasteiger partial charge in [0.25, 0.3) is 23.5 Å². The highest BCUT2D eigenvalue weighted by Gasteiger charge is 2.62. The number of hydrogen-bond donors (Lipinski definition) is 3. The van der Waals surface area contributed by atoms with Crippen LogP contribution in [0.4, 0.5) is 23.2 Å². The lowest BCUT2D eigenvalue weighted by Crippen LogP contribution is -2.69. The molecule has 12 heteroatoms. The van der Waals surface area contributed by atoms with E-state index in [0.29, 0.717) is 25.1 Å². The zero-order valence-corrected chi connectivity index (χ0v) is 18.9. The maximum absolute atomic E-state index is 13.6. The number of halogens is 4. The standard InChI is InChI=1S/C23H22F4N4O4/c1-11-16(19(33)29-12-5-6-13(24)14(25)8-12)15-4-3-7-31(15)17(11)18(32)20(34)30-22(21(35)28-2)9-23(26,27)10-22/h5-6,8H,3-4,7,9-10H2,1-2H3,(H,28,35)(H,29,33)(H,30,34). The molecule has 2 aromatic rings. The fourth-order valence-corrected chi connectivity index (χ4v) is 4.84. The fraction of sp³-hybridized carbons (Fsp3) is 0.391. The Kier molecular flexibility index (Phi) is 5.94. The summed E-state index contributed by atoms with van der Waals surface area (Å²) in [6.07, 6.45) is -0.875. The minimum Gasteiger partial charge on any atom is -0.357 e. The smallest absolute Gasteiger partial charge is 0.294 e. The molecule has 35 heavy (non-hydrogen) atoms. The van der Waals surface area contributed by atoms with E-state index in [9.17, 15) is 36.7 Å². The summed E-state index contributed by atoms with van der Waals surface area (Å²) in [7, 11) is 1.23. The van der Waals surface area contributed by atoms with E-state index in [4.69, 9.17) is 0 Å². The van der Waals surface area contributed by atoms with E-state index in [1.165, 1.54) is 24.6 Å². The Morgan fingerprint density at radius 2 is 1.74 bits per heavy atom. The predicted molar refractivity (Wildman–Crippen MR) is 115 cm³/mol. The zero-order valence-electron chi connectivity index (χ0n) is 18.9. The third-order valence-corrected chi connectivity index (χ3v) is 6.37. The van der Waals surface area contributed by atoms with Gasteiger partial charge in [-0.25, -0.2) is 17.6 Å². The fourth-order valence-electron chi connectivity index (χ4n) is 4.84. The van der Waals surface area contributed by atoms with Crippen molar-refractivity contribution in [1.29, 1.82) is 0 Å². The van der Waals surface area contributed by atoms with Crippen LogP contribution in [0, 0.1) is 18.6 Å². The molecule has 1 fully saturated rings. The number of Topliss-reactive ketones (excluding diaryl/α,β-unsaturated/α-hetero) is 1. The SMILES string of the molecule is CNC(=O)C1(NC(=O)C(=O)c2c(C)c(C(=O)Nc3ccc(F)c(F)c3)c3n2CCC3)CC(F)(F)C1. The molecule has 1 aromatic heterocycles. The number of ketones is 1.